The maximum atomic E-state index is 11.8. The number of quaternary nitrogens is 1. The van der Waals surface area contributed by atoms with Gasteiger partial charge in [0.2, 0.25) is 16.3 Å². The molecule has 8 heteroatoms. The first-order valence-corrected chi connectivity index (χ1v) is 13.1. The molecule has 30 heavy (non-hydrogen) atoms. The molecule has 1 N–H and O–H groups in total. The smallest absolute Gasteiger partial charge is 0.219 e. The fraction of sp³-hybridized carbons (Fsp3) is 0.955. The normalized spacial score (nSPS) is 11.7. The van der Waals surface area contributed by atoms with E-state index in [1.54, 1.807) is 0 Å². The zero-order valence-corrected chi connectivity index (χ0v) is 21.0. The average molecular weight is 453 g/mol. The average Bonchev–Trinajstić information content (AvgIpc) is 2.66. The van der Waals surface area contributed by atoms with Crippen LogP contribution in [0.1, 0.15) is 97.8 Å². The van der Waals surface area contributed by atoms with Crippen molar-refractivity contribution in [1.82, 2.24) is 5.32 Å². The Morgan fingerprint density at radius 2 is 1.37 bits per heavy atom. The van der Waals surface area contributed by atoms with Crippen molar-refractivity contribution in [3.05, 3.63) is 0 Å². The molecule has 0 saturated heterocycles. The Labute approximate surface area is 186 Å². The molecule has 0 fully saturated rings. The van der Waals surface area contributed by atoms with Gasteiger partial charge in [0, 0.05) is 19.4 Å². The minimum absolute atomic E-state index is 0.0914. The van der Waals surface area contributed by atoms with E-state index in [1.165, 1.54) is 64.7 Å². The zero-order chi connectivity index (χ0) is 23.3. The van der Waals surface area contributed by atoms with Gasteiger partial charge in [-0.15, -0.1) is 0 Å². The molecule has 0 aliphatic carbocycles. The summed E-state index contributed by atoms with van der Waals surface area (Å²) in [6.07, 6.45) is 15.0. The van der Waals surface area contributed by atoms with E-state index in [1.807, 2.05) is 0 Å². The van der Waals surface area contributed by atoms with Crippen LogP contribution in [0.25, 0.3) is 0 Å². The lowest BCUT2D eigenvalue weighted by Gasteiger charge is -2.28. The minimum atomic E-state index is -4.42. The van der Waals surface area contributed by atoms with E-state index in [2.05, 4.69) is 37.4 Å². The van der Waals surface area contributed by atoms with Crippen LogP contribution in [0.4, 0.5) is 0 Å². The molecule has 0 unspecified atom stereocenters. The Hall–Kier alpha value is -0.700. The third-order valence-corrected chi connectivity index (χ3v) is 5.66. The molecule has 0 spiro atoms. The van der Waals surface area contributed by atoms with Crippen molar-refractivity contribution in [1.29, 1.82) is 0 Å². The summed E-state index contributed by atoms with van der Waals surface area (Å²) in [5, 5.41) is 3.06. The van der Waals surface area contributed by atoms with Crippen LogP contribution >= 0.6 is 0 Å². The number of unbranched alkanes of at least 4 members (excludes halogenated alkanes) is 9. The Morgan fingerprint density at radius 1 is 0.867 bits per heavy atom. The van der Waals surface area contributed by atoms with Crippen LogP contribution in [0.5, 0.6) is 0 Å². The summed E-state index contributed by atoms with van der Waals surface area (Å²) >= 11 is 0. The van der Waals surface area contributed by atoms with Gasteiger partial charge in [0.15, 0.2) is 0 Å². The Morgan fingerprint density at radius 3 is 1.77 bits per heavy atom. The second kappa shape index (κ2) is 20.2. The molecular weight excluding hydrogens is 404 g/mol. The topological polar surface area (TPSA) is 95.5 Å². The summed E-state index contributed by atoms with van der Waals surface area (Å²) in [4.78, 5) is 11.8. The fourth-order valence-electron chi connectivity index (χ4n) is 2.90. The van der Waals surface area contributed by atoms with Crippen LogP contribution in [0.3, 0.4) is 0 Å². The second-order valence-electron chi connectivity index (χ2n) is 8.43. The summed E-state index contributed by atoms with van der Waals surface area (Å²) in [5.74, 6) is 0.242. The van der Waals surface area contributed by atoms with Crippen LogP contribution in [0, 0.1) is 0 Å². The molecule has 0 bridgehead atoms. The Kier molecular flexibility index (Phi) is 21.2. The predicted molar refractivity (Wildman–Crippen MR) is 123 cm³/mol. The SMILES string of the molecule is CCCCCCCCCCCCC(=O)NCCC[N+](C)(C)CC.CCOS(=O)(=O)[O-]. The van der Waals surface area contributed by atoms with Gasteiger partial charge in [-0.1, -0.05) is 64.7 Å². The van der Waals surface area contributed by atoms with Crippen LogP contribution in [-0.4, -0.2) is 63.7 Å². The van der Waals surface area contributed by atoms with E-state index >= 15 is 0 Å². The molecule has 0 aromatic heterocycles. The molecule has 7 nitrogen and oxygen atoms in total. The van der Waals surface area contributed by atoms with Gasteiger partial charge in [0.25, 0.3) is 0 Å². The van der Waals surface area contributed by atoms with Crippen LogP contribution in [0.15, 0.2) is 0 Å². The maximum Gasteiger partial charge on any atom is 0.219 e. The number of carbonyl (C=O) groups excluding carboxylic acids is 1. The number of amides is 1. The predicted octanol–water partition coefficient (Wildman–Crippen LogP) is 4.38. The van der Waals surface area contributed by atoms with E-state index in [9.17, 15) is 17.8 Å². The van der Waals surface area contributed by atoms with Gasteiger partial charge in [0.05, 0.1) is 33.8 Å². The first-order chi connectivity index (χ1) is 14.1. The molecule has 182 valence electrons. The third-order valence-electron chi connectivity index (χ3n) is 5.14. The minimum Gasteiger partial charge on any atom is -0.726 e. The van der Waals surface area contributed by atoms with Crippen LogP contribution < -0.4 is 5.32 Å². The molecule has 0 aromatic rings. The van der Waals surface area contributed by atoms with Gasteiger partial charge < -0.3 is 14.4 Å². The van der Waals surface area contributed by atoms with E-state index in [4.69, 9.17) is 0 Å². The van der Waals surface area contributed by atoms with Crippen LogP contribution in [-0.2, 0) is 19.4 Å². The maximum absolute atomic E-state index is 11.8. The molecular formula is C22H48N2O5S. The van der Waals surface area contributed by atoms with E-state index in [-0.39, 0.29) is 12.5 Å². The molecule has 1 amide bonds. The van der Waals surface area contributed by atoms with E-state index in [0.717, 1.165) is 37.0 Å². The Bertz CT molecular complexity index is 496. The number of hydrogen-bond acceptors (Lipinski definition) is 5. The molecule has 0 aliphatic heterocycles. The van der Waals surface area contributed by atoms with Crippen molar-refractivity contribution in [2.75, 3.05) is 40.3 Å². The number of nitrogens with one attached hydrogen (secondary N) is 1. The van der Waals surface area contributed by atoms with Gasteiger partial charge >= 0.3 is 0 Å². The molecule has 0 aromatic carbocycles. The molecule has 0 atom stereocenters. The molecule has 0 heterocycles. The van der Waals surface area contributed by atoms with Gasteiger partial charge in [-0.2, -0.15) is 0 Å². The van der Waals surface area contributed by atoms with E-state index in [0.29, 0.717) is 6.42 Å². The highest BCUT2D eigenvalue weighted by molar-refractivity contribution is 7.80. The number of hydrogen-bond donors (Lipinski definition) is 1. The third kappa shape index (κ3) is 27.3. The fourth-order valence-corrected chi connectivity index (χ4v) is 3.19. The summed E-state index contributed by atoms with van der Waals surface area (Å²) in [6.45, 7) is 8.92. The van der Waals surface area contributed by atoms with Crippen molar-refractivity contribution in [2.45, 2.75) is 97.8 Å². The first kappa shape index (κ1) is 31.5. The van der Waals surface area contributed by atoms with Crippen molar-refractivity contribution < 1.29 is 26.4 Å². The monoisotopic (exact) mass is 452 g/mol. The first-order valence-electron chi connectivity index (χ1n) is 11.8. The lowest BCUT2D eigenvalue weighted by Crippen LogP contribution is -2.41. The summed E-state index contributed by atoms with van der Waals surface area (Å²) < 4.78 is 33.0. The quantitative estimate of drug-likeness (QED) is 0.144. The summed E-state index contributed by atoms with van der Waals surface area (Å²) in [7, 11) is 0.0592. The standard InChI is InChI=1S/C20H42N2O.C2H6O4S/c1-5-7-8-9-10-11-12-13-14-15-17-20(23)21-18-16-19-22(3,4)6-2;1-2-6-7(3,4)5/h5-19H2,1-4H3;2H2,1H3,(H,3,4,5). The second-order valence-corrected chi connectivity index (χ2v) is 9.48. The Balaban J connectivity index is 0. The largest absolute Gasteiger partial charge is 0.726 e. The van der Waals surface area contributed by atoms with Gasteiger partial charge in [-0.25, -0.2) is 8.42 Å². The van der Waals surface area contributed by atoms with Gasteiger partial charge in [0.1, 0.15) is 0 Å². The van der Waals surface area contributed by atoms with Crippen molar-refractivity contribution >= 4 is 16.3 Å². The van der Waals surface area contributed by atoms with Crippen molar-refractivity contribution in [3.63, 3.8) is 0 Å². The molecule has 0 saturated carbocycles. The highest BCUT2D eigenvalue weighted by atomic mass is 32.3. The lowest BCUT2D eigenvalue weighted by atomic mass is 10.1. The highest BCUT2D eigenvalue weighted by Gasteiger charge is 2.10. The zero-order valence-electron chi connectivity index (χ0n) is 20.2. The van der Waals surface area contributed by atoms with Crippen molar-refractivity contribution in [3.8, 4) is 0 Å². The molecule has 0 aliphatic rings. The van der Waals surface area contributed by atoms with Crippen molar-refractivity contribution in [2.24, 2.45) is 0 Å². The lowest BCUT2D eigenvalue weighted by molar-refractivity contribution is -0.888. The number of nitrogens with zero attached hydrogens (tertiary/aromatic N) is 1. The van der Waals surface area contributed by atoms with Gasteiger partial charge in [-0.3, -0.25) is 8.98 Å². The summed E-state index contributed by atoms with van der Waals surface area (Å²) in [6, 6.07) is 0. The molecule has 0 rings (SSSR count). The van der Waals surface area contributed by atoms with Gasteiger partial charge in [-0.05, 0) is 20.3 Å². The number of carbonyl (C=O) groups is 1. The highest BCUT2D eigenvalue weighted by Crippen LogP contribution is 2.11. The summed E-state index contributed by atoms with van der Waals surface area (Å²) in [5.41, 5.74) is 0. The van der Waals surface area contributed by atoms with Crippen LogP contribution in [0.2, 0.25) is 0 Å². The number of rotatable bonds is 18. The van der Waals surface area contributed by atoms with E-state index < -0.39 is 10.4 Å². The molecule has 0 radical (unpaired) electrons.